The standard InChI is InChI=1S/C16H28N2O3/c1-2-5-13-6-3-10-18(11-7-13)15(21)17-16(8-4-9-16)12-14(19)20/h13H,2-12H2,1H3,(H,17,21)(H,19,20). The first kappa shape index (κ1) is 16.1. The molecule has 21 heavy (non-hydrogen) atoms. The van der Waals surface area contributed by atoms with Crippen LogP contribution in [-0.2, 0) is 4.79 Å². The lowest BCUT2D eigenvalue weighted by molar-refractivity contribution is -0.139. The van der Waals surface area contributed by atoms with Crippen LogP contribution >= 0.6 is 0 Å². The van der Waals surface area contributed by atoms with Crippen LogP contribution in [-0.4, -0.2) is 40.6 Å². The summed E-state index contributed by atoms with van der Waals surface area (Å²) in [4.78, 5) is 25.3. The molecule has 1 saturated carbocycles. The molecule has 2 rings (SSSR count). The van der Waals surface area contributed by atoms with Crippen molar-refractivity contribution in [3.05, 3.63) is 0 Å². The second kappa shape index (κ2) is 7.14. The molecule has 0 aromatic rings. The topological polar surface area (TPSA) is 69.6 Å². The van der Waals surface area contributed by atoms with Crippen molar-refractivity contribution in [1.29, 1.82) is 0 Å². The Kier molecular flexibility index (Phi) is 5.48. The van der Waals surface area contributed by atoms with Crippen molar-refractivity contribution in [2.24, 2.45) is 5.92 Å². The number of hydrogen-bond donors (Lipinski definition) is 2. The molecule has 0 bridgehead atoms. The monoisotopic (exact) mass is 296 g/mol. The minimum atomic E-state index is -0.825. The molecular formula is C16H28N2O3. The number of urea groups is 1. The third-order valence-electron chi connectivity index (χ3n) is 5.00. The minimum Gasteiger partial charge on any atom is -0.481 e. The molecular weight excluding hydrogens is 268 g/mol. The van der Waals surface area contributed by atoms with Gasteiger partial charge in [0.1, 0.15) is 0 Å². The molecule has 2 aliphatic rings. The number of aliphatic carboxylic acids is 1. The molecule has 0 spiro atoms. The fourth-order valence-electron chi connectivity index (χ4n) is 3.61. The van der Waals surface area contributed by atoms with Gasteiger partial charge in [-0.3, -0.25) is 4.79 Å². The molecule has 1 saturated heterocycles. The van der Waals surface area contributed by atoms with Crippen molar-refractivity contribution in [3.8, 4) is 0 Å². The van der Waals surface area contributed by atoms with Crippen LogP contribution in [0.15, 0.2) is 0 Å². The highest BCUT2D eigenvalue weighted by Crippen LogP contribution is 2.35. The summed E-state index contributed by atoms with van der Waals surface area (Å²) < 4.78 is 0. The molecule has 1 unspecified atom stereocenters. The van der Waals surface area contributed by atoms with E-state index in [2.05, 4.69) is 12.2 Å². The van der Waals surface area contributed by atoms with Crippen molar-refractivity contribution in [1.82, 2.24) is 10.2 Å². The first-order valence-electron chi connectivity index (χ1n) is 8.33. The fraction of sp³-hybridized carbons (Fsp3) is 0.875. The van der Waals surface area contributed by atoms with Gasteiger partial charge in [-0.15, -0.1) is 0 Å². The smallest absolute Gasteiger partial charge is 0.317 e. The van der Waals surface area contributed by atoms with Gasteiger partial charge < -0.3 is 15.3 Å². The van der Waals surface area contributed by atoms with Crippen molar-refractivity contribution < 1.29 is 14.7 Å². The maximum absolute atomic E-state index is 12.4. The maximum Gasteiger partial charge on any atom is 0.317 e. The fourth-order valence-corrected chi connectivity index (χ4v) is 3.61. The van der Waals surface area contributed by atoms with E-state index in [1.165, 1.54) is 19.3 Å². The molecule has 5 nitrogen and oxygen atoms in total. The highest BCUT2D eigenvalue weighted by Gasteiger charge is 2.41. The largest absolute Gasteiger partial charge is 0.481 e. The normalized spacial score (nSPS) is 24.8. The number of carbonyl (C=O) groups excluding carboxylic acids is 1. The van der Waals surface area contributed by atoms with Crippen LogP contribution in [0.25, 0.3) is 0 Å². The quantitative estimate of drug-likeness (QED) is 0.819. The van der Waals surface area contributed by atoms with Gasteiger partial charge in [0.05, 0.1) is 12.0 Å². The van der Waals surface area contributed by atoms with Crippen LogP contribution in [0.4, 0.5) is 4.79 Å². The van der Waals surface area contributed by atoms with Crippen LogP contribution in [0.1, 0.15) is 64.7 Å². The zero-order valence-electron chi connectivity index (χ0n) is 13.1. The number of carbonyl (C=O) groups is 2. The summed E-state index contributed by atoms with van der Waals surface area (Å²) in [6.07, 6.45) is 8.43. The number of nitrogens with zero attached hydrogens (tertiary/aromatic N) is 1. The van der Waals surface area contributed by atoms with Crippen molar-refractivity contribution in [2.75, 3.05) is 13.1 Å². The summed E-state index contributed by atoms with van der Waals surface area (Å²) in [5.74, 6) is -0.0849. The highest BCUT2D eigenvalue weighted by molar-refractivity contribution is 5.77. The number of amides is 2. The van der Waals surface area contributed by atoms with Crippen LogP contribution in [0.5, 0.6) is 0 Å². The number of carboxylic acid groups (broad SMARTS) is 1. The van der Waals surface area contributed by atoms with Gasteiger partial charge >= 0.3 is 12.0 Å². The Hall–Kier alpha value is -1.26. The molecule has 0 radical (unpaired) electrons. The van der Waals surface area contributed by atoms with Crippen LogP contribution in [0.3, 0.4) is 0 Å². The zero-order chi connectivity index (χ0) is 15.3. The van der Waals surface area contributed by atoms with Crippen LogP contribution < -0.4 is 5.32 Å². The summed E-state index contributed by atoms with van der Waals surface area (Å²) in [5, 5.41) is 12.0. The van der Waals surface area contributed by atoms with Crippen molar-refractivity contribution in [2.45, 2.75) is 70.3 Å². The first-order chi connectivity index (χ1) is 10.0. The van der Waals surface area contributed by atoms with Gasteiger partial charge in [0, 0.05) is 13.1 Å². The summed E-state index contributed by atoms with van der Waals surface area (Å²) in [7, 11) is 0. The third-order valence-corrected chi connectivity index (χ3v) is 5.00. The summed E-state index contributed by atoms with van der Waals surface area (Å²) in [6.45, 7) is 3.82. The van der Waals surface area contributed by atoms with E-state index in [9.17, 15) is 9.59 Å². The Labute approximate surface area is 127 Å². The molecule has 1 heterocycles. The molecule has 5 heteroatoms. The first-order valence-corrected chi connectivity index (χ1v) is 8.33. The number of rotatable bonds is 5. The van der Waals surface area contributed by atoms with E-state index in [0.717, 1.165) is 51.1 Å². The molecule has 1 aliphatic heterocycles. The summed E-state index contributed by atoms with van der Waals surface area (Å²) in [6, 6.07) is -0.0619. The maximum atomic E-state index is 12.4. The van der Waals surface area contributed by atoms with Crippen molar-refractivity contribution in [3.63, 3.8) is 0 Å². The Balaban J connectivity index is 1.86. The predicted molar refractivity (Wildman–Crippen MR) is 81.2 cm³/mol. The lowest BCUT2D eigenvalue weighted by Crippen LogP contribution is -2.58. The van der Waals surface area contributed by atoms with E-state index in [1.807, 2.05) is 4.90 Å². The molecule has 120 valence electrons. The van der Waals surface area contributed by atoms with Gasteiger partial charge in [-0.1, -0.05) is 19.8 Å². The van der Waals surface area contributed by atoms with Gasteiger partial charge in [-0.05, 0) is 44.4 Å². The van der Waals surface area contributed by atoms with Crippen LogP contribution in [0.2, 0.25) is 0 Å². The molecule has 1 aliphatic carbocycles. The Morgan fingerprint density at radius 3 is 2.57 bits per heavy atom. The lowest BCUT2D eigenvalue weighted by Gasteiger charge is -2.42. The molecule has 2 fully saturated rings. The van der Waals surface area contributed by atoms with Gasteiger partial charge in [0.2, 0.25) is 0 Å². The van der Waals surface area contributed by atoms with E-state index in [1.54, 1.807) is 0 Å². The number of nitrogens with one attached hydrogen (secondary N) is 1. The van der Waals surface area contributed by atoms with E-state index < -0.39 is 11.5 Å². The van der Waals surface area contributed by atoms with Crippen LogP contribution in [0, 0.1) is 5.92 Å². The average Bonchev–Trinajstić information content (AvgIpc) is 2.61. The molecule has 2 N–H and O–H groups in total. The van der Waals surface area contributed by atoms with E-state index in [0.29, 0.717) is 0 Å². The van der Waals surface area contributed by atoms with Gasteiger partial charge in [0.25, 0.3) is 0 Å². The molecule has 0 aromatic carbocycles. The second-order valence-electron chi connectivity index (χ2n) is 6.71. The number of hydrogen-bond acceptors (Lipinski definition) is 2. The van der Waals surface area contributed by atoms with E-state index in [-0.39, 0.29) is 12.5 Å². The second-order valence-corrected chi connectivity index (χ2v) is 6.71. The SMILES string of the molecule is CCCC1CCCN(C(=O)NC2(CC(=O)O)CCC2)CC1. The Morgan fingerprint density at radius 2 is 2.00 bits per heavy atom. The summed E-state index contributed by atoms with van der Waals surface area (Å²) >= 11 is 0. The van der Waals surface area contributed by atoms with E-state index in [4.69, 9.17) is 5.11 Å². The van der Waals surface area contributed by atoms with Gasteiger partial charge in [0.15, 0.2) is 0 Å². The van der Waals surface area contributed by atoms with Gasteiger partial charge in [-0.25, -0.2) is 4.79 Å². The lowest BCUT2D eigenvalue weighted by atomic mass is 9.74. The average molecular weight is 296 g/mol. The highest BCUT2D eigenvalue weighted by atomic mass is 16.4. The summed E-state index contributed by atoms with van der Waals surface area (Å²) in [5.41, 5.74) is -0.488. The van der Waals surface area contributed by atoms with E-state index >= 15 is 0 Å². The minimum absolute atomic E-state index is 0.0467. The Morgan fingerprint density at radius 1 is 1.24 bits per heavy atom. The number of carboxylic acids is 1. The third kappa shape index (κ3) is 4.35. The predicted octanol–water partition coefficient (Wildman–Crippen LogP) is 3.00. The zero-order valence-corrected chi connectivity index (χ0v) is 13.1. The Bertz CT molecular complexity index is 380. The number of likely N-dealkylation sites (tertiary alicyclic amines) is 1. The molecule has 0 aromatic heterocycles. The van der Waals surface area contributed by atoms with Gasteiger partial charge in [-0.2, -0.15) is 0 Å². The van der Waals surface area contributed by atoms with Crippen molar-refractivity contribution >= 4 is 12.0 Å². The molecule has 1 atom stereocenters. The molecule has 2 amide bonds.